The summed E-state index contributed by atoms with van der Waals surface area (Å²) in [6.07, 6.45) is 2.39. The molecule has 0 aliphatic rings. The van der Waals surface area contributed by atoms with Crippen LogP contribution in [0.5, 0.6) is 0 Å². The van der Waals surface area contributed by atoms with Crippen molar-refractivity contribution >= 4 is 17.6 Å². The summed E-state index contributed by atoms with van der Waals surface area (Å²) >= 11 is 0. The number of aryl methyl sites for hydroxylation is 1. The number of aromatic nitrogens is 3. The monoisotopic (exact) mass is 414 g/mol. The molecule has 3 aromatic carbocycles. The van der Waals surface area contributed by atoms with E-state index in [1.165, 1.54) is 5.56 Å². The summed E-state index contributed by atoms with van der Waals surface area (Å²) in [5.74, 6) is 0. The van der Waals surface area contributed by atoms with Gasteiger partial charge in [-0.25, -0.2) is 14.3 Å². The SMILES string of the molecule is [C-]#[N+]c1ccc(-c2cc(-c3cccc(C=O)c3)c3ncnn3c2-c2ccc(C)cc2)cc1. The number of nitrogens with zero attached hydrogens (tertiary/aromatic N) is 4. The van der Waals surface area contributed by atoms with Gasteiger partial charge in [0.05, 0.1) is 12.3 Å². The molecule has 0 spiro atoms. The van der Waals surface area contributed by atoms with Crippen LogP contribution in [0.25, 0.3) is 44.0 Å². The molecule has 0 saturated heterocycles. The highest BCUT2D eigenvalue weighted by Crippen LogP contribution is 2.38. The fourth-order valence-corrected chi connectivity index (χ4v) is 3.90. The Hall–Kier alpha value is -4.56. The molecule has 5 nitrogen and oxygen atoms in total. The Balaban J connectivity index is 1.85. The first-order chi connectivity index (χ1) is 15.7. The number of aldehydes is 1. The summed E-state index contributed by atoms with van der Waals surface area (Å²) in [7, 11) is 0. The van der Waals surface area contributed by atoms with Crippen LogP contribution in [0, 0.1) is 13.5 Å². The van der Waals surface area contributed by atoms with Gasteiger partial charge in [-0.2, -0.15) is 5.10 Å². The average molecular weight is 414 g/mol. The molecule has 0 saturated carbocycles. The second-order valence-electron chi connectivity index (χ2n) is 7.58. The van der Waals surface area contributed by atoms with Gasteiger partial charge in [0, 0.05) is 22.3 Å². The van der Waals surface area contributed by atoms with Crippen molar-refractivity contribution in [1.29, 1.82) is 0 Å². The van der Waals surface area contributed by atoms with Crippen LogP contribution >= 0.6 is 0 Å². The predicted octanol–water partition coefficient (Wildman–Crippen LogP) is 6.40. The Morgan fingerprint density at radius 2 is 1.62 bits per heavy atom. The normalized spacial score (nSPS) is 10.8. The van der Waals surface area contributed by atoms with Gasteiger partial charge in [-0.1, -0.05) is 72.3 Å². The highest BCUT2D eigenvalue weighted by molar-refractivity contribution is 5.91. The first-order valence-electron chi connectivity index (χ1n) is 10.2. The van der Waals surface area contributed by atoms with E-state index in [9.17, 15) is 4.79 Å². The van der Waals surface area contributed by atoms with Gasteiger partial charge in [-0.15, -0.1) is 0 Å². The number of benzene rings is 3. The van der Waals surface area contributed by atoms with Crippen molar-refractivity contribution in [1.82, 2.24) is 14.6 Å². The quantitative estimate of drug-likeness (QED) is 0.252. The molecule has 2 heterocycles. The number of carbonyl (C=O) groups excluding carboxylic acids is 1. The van der Waals surface area contributed by atoms with Gasteiger partial charge in [0.1, 0.15) is 12.6 Å². The minimum absolute atomic E-state index is 0.589. The lowest BCUT2D eigenvalue weighted by Gasteiger charge is -2.16. The highest BCUT2D eigenvalue weighted by Gasteiger charge is 2.18. The molecule has 2 aromatic heterocycles. The third-order valence-electron chi connectivity index (χ3n) is 5.51. The molecule has 0 atom stereocenters. The molecule has 152 valence electrons. The van der Waals surface area contributed by atoms with E-state index in [0.717, 1.165) is 39.8 Å². The largest absolute Gasteiger partial charge is 0.298 e. The number of fused-ring (bicyclic) bond motifs is 1. The maximum Gasteiger partial charge on any atom is 0.187 e. The van der Waals surface area contributed by atoms with Crippen LogP contribution in [0.1, 0.15) is 15.9 Å². The summed E-state index contributed by atoms with van der Waals surface area (Å²) < 4.78 is 1.85. The van der Waals surface area contributed by atoms with Crippen molar-refractivity contribution < 1.29 is 4.79 Å². The number of hydrogen-bond donors (Lipinski definition) is 0. The van der Waals surface area contributed by atoms with Gasteiger partial charge >= 0.3 is 0 Å². The van der Waals surface area contributed by atoms with Crippen LogP contribution in [0.4, 0.5) is 5.69 Å². The van der Waals surface area contributed by atoms with Gasteiger partial charge < -0.3 is 0 Å². The third kappa shape index (κ3) is 3.34. The highest BCUT2D eigenvalue weighted by atomic mass is 16.1. The van der Waals surface area contributed by atoms with Gasteiger partial charge in [-0.3, -0.25) is 4.79 Å². The fourth-order valence-electron chi connectivity index (χ4n) is 3.90. The number of pyridine rings is 1. The van der Waals surface area contributed by atoms with Crippen molar-refractivity contribution in [2.24, 2.45) is 0 Å². The van der Waals surface area contributed by atoms with Crippen LogP contribution in [0.3, 0.4) is 0 Å². The average Bonchev–Trinajstić information content (AvgIpc) is 3.33. The van der Waals surface area contributed by atoms with Gasteiger partial charge in [-0.05, 0) is 30.2 Å². The van der Waals surface area contributed by atoms with E-state index in [2.05, 4.69) is 52.2 Å². The number of hydrogen-bond acceptors (Lipinski definition) is 3. The zero-order chi connectivity index (χ0) is 22.1. The summed E-state index contributed by atoms with van der Waals surface area (Å²) in [5.41, 5.74) is 8.73. The van der Waals surface area contributed by atoms with Crippen LogP contribution in [-0.4, -0.2) is 20.9 Å². The molecule has 0 bridgehead atoms. The molecule has 0 fully saturated rings. The lowest BCUT2D eigenvalue weighted by Crippen LogP contribution is -2.00. The van der Waals surface area contributed by atoms with Crippen LogP contribution < -0.4 is 0 Å². The third-order valence-corrected chi connectivity index (χ3v) is 5.51. The van der Waals surface area contributed by atoms with Crippen molar-refractivity contribution in [2.45, 2.75) is 6.92 Å². The summed E-state index contributed by atoms with van der Waals surface area (Å²) in [5, 5.41) is 4.55. The van der Waals surface area contributed by atoms with Gasteiger partial charge in [0.2, 0.25) is 0 Å². The summed E-state index contributed by atoms with van der Waals surface area (Å²) in [6, 6.07) is 25.4. The second kappa shape index (κ2) is 7.93. The van der Waals surface area contributed by atoms with Crippen LogP contribution in [0.15, 0.2) is 85.2 Å². The molecular weight excluding hydrogens is 396 g/mol. The molecule has 5 heteroatoms. The van der Waals surface area contributed by atoms with Crippen LogP contribution in [-0.2, 0) is 0 Å². The Kier molecular flexibility index (Phi) is 4.81. The van der Waals surface area contributed by atoms with Crippen molar-refractivity contribution in [3.8, 4) is 33.5 Å². The first-order valence-corrected chi connectivity index (χ1v) is 10.2. The Labute approximate surface area is 185 Å². The molecule has 0 N–H and O–H groups in total. The fraction of sp³-hybridized carbons (Fsp3) is 0.0370. The lowest BCUT2D eigenvalue weighted by molar-refractivity contribution is 0.112. The van der Waals surface area contributed by atoms with E-state index in [-0.39, 0.29) is 0 Å². The maximum absolute atomic E-state index is 11.4. The predicted molar refractivity (Wildman–Crippen MR) is 126 cm³/mol. The molecule has 32 heavy (non-hydrogen) atoms. The minimum atomic E-state index is 0.589. The lowest BCUT2D eigenvalue weighted by atomic mass is 9.94. The van der Waals surface area contributed by atoms with E-state index in [1.807, 2.05) is 47.0 Å². The van der Waals surface area contributed by atoms with E-state index in [4.69, 9.17) is 6.57 Å². The van der Waals surface area contributed by atoms with E-state index in [1.54, 1.807) is 12.4 Å². The summed E-state index contributed by atoms with van der Waals surface area (Å²) in [6.45, 7) is 9.32. The number of rotatable bonds is 4. The Morgan fingerprint density at radius 1 is 0.875 bits per heavy atom. The standard InChI is InChI=1S/C27H18N4O/c1-18-6-8-21(9-7-18)26-24(20-10-12-23(28-2)13-11-20)15-25(27-29-17-30-31(26)27)22-5-3-4-19(14-22)16-32/h3-17H,1H3. The molecular formula is C27H18N4O. The van der Waals surface area contributed by atoms with E-state index >= 15 is 0 Å². The maximum atomic E-state index is 11.4. The second-order valence-corrected chi connectivity index (χ2v) is 7.58. The first kappa shape index (κ1) is 19.4. The Morgan fingerprint density at radius 3 is 2.34 bits per heavy atom. The summed E-state index contributed by atoms with van der Waals surface area (Å²) in [4.78, 5) is 19.4. The molecule has 5 rings (SSSR count). The zero-order valence-electron chi connectivity index (χ0n) is 17.4. The van der Waals surface area contributed by atoms with Gasteiger partial charge in [0.15, 0.2) is 11.3 Å². The van der Waals surface area contributed by atoms with Crippen molar-refractivity contribution in [2.75, 3.05) is 0 Å². The van der Waals surface area contributed by atoms with Crippen molar-refractivity contribution in [3.05, 3.63) is 108 Å². The molecule has 0 aliphatic carbocycles. The minimum Gasteiger partial charge on any atom is -0.298 e. The van der Waals surface area contributed by atoms with Gasteiger partial charge in [0.25, 0.3) is 0 Å². The molecule has 5 aromatic rings. The molecule has 0 unspecified atom stereocenters. The molecule has 0 aliphatic heterocycles. The molecule has 0 amide bonds. The van der Waals surface area contributed by atoms with E-state index < -0.39 is 0 Å². The smallest absolute Gasteiger partial charge is 0.187 e. The Bertz CT molecular complexity index is 1490. The van der Waals surface area contributed by atoms with Crippen LogP contribution in [0.2, 0.25) is 0 Å². The van der Waals surface area contributed by atoms with Crippen molar-refractivity contribution in [3.63, 3.8) is 0 Å². The molecule has 0 radical (unpaired) electrons. The van der Waals surface area contributed by atoms with E-state index in [0.29, 0.717) is 16.9 Å². The zero-order valence-corrected chi connectivity index (χ0v) is 17.4. The topological polar surface area (TPSA) is 51.6 Å². The number of carbonyl (C=O) groups is 1.